The Hall–Kier alpha value is -1.36. The first-order chi connectivity index (χ1) is 8.74. The average molecular weight is 250 g/mol. The van der Waals surface area contributed by atoms with Crippen LogP contribution in [0.25, 0.3) is 0 Å². The van der Waals surface area contributed by atoms with Crippen LogP contribution in [0.3, 0.4) is 0 Å². The van der Waals surface area contributed by atoms with Crippen molar-refractivity contribution in [3.63, 3.8) is 0 Å². The van der Waals surface area contributed by atoms with Crippen LogP contribution >= 0.6 is 0 Å². The fourth-order valence-electron chi connectivity index (χ4n) is 2.39. The Morgan fingerprint density at radius 2 is 2.28 bits per heavy atom. The van der Waals surface area contributed by atoms with Crippen molar-refractivity contribution in [1.29, 1.82) is 0 Å². The maximum absolute atomic E-state index is 5.78. The van der Waals surface area contributed by atoms with Gasteiger partial charge >= 0.3 is 0 Å². The Kier molecular flexibility index (Phi) is 4.36. The van der Waals surface area contributed by atoms with E-state index in [1.165, 1.54) is 6.42 Å². The van der Waals surface area contributed by atoms with Gasteiger partial charge in [0.25, 0.3) is 0 Å². The van der Waals surface area contributed by atoms with Crippen molar-refractivity contribution in [2.75, 3.05) is 24.6 Å². The van der Waals surface area contributed by atoms with Crippen LogP contribution in [0.1, 0.15) is 26.7 Å². The van der Waals surface area contributed by atoms with Gasteiger partial charge in [-0.2, -0.15) is 4.98 Å². The molecule has 0 amide bonds. The van der Waals surface area contributed by atoms with Crippen molar-refractivity contribution < 1.29 is 4.74 Å². The summed E-state index contributed by atoms with van der Waals surface area (Å²) in [5, 5.41) is 0. The van der Waals surface area contributed by atoms with E-state index in [1.807, 2.05) is 6.92 Å². The lowest BCUT2D eigenvalue weighted by molar-refractivity contribution is 0.323. The molecule has 100 valence electrons. The summed E-state index contributed by atoms with van der Waals surface area (Å²) in [5.74, 6) is 2.04. The number of ether oxygens (including phenoxy) is 1. The smallest absolute Gasteiger partial charge is 0.234 e. The highest BCUT2D eigenvalue weighted by Crippen LogP contribution is 2.26. The molecule has 5 nitrogen and oxygen atoms in total. The average Bonchev–Trinajstić information content (AvgIpc) is 2.40. The quantitative estimate of drug-likeness (QED) is 0.876. The molecule has 1 aromatic heterocycles. The van der Waals surface area contributed by atoms with E-state index < -0.39 is 0 Å². The highest BCUT2D eigenvalue weighted by molar-refractivity contribution is 5.39. The Labute approximate surface area is 108 Å². The van der Waals surface area contributed by atoms with Crippen LogP contribution in [0, 0.1) is 5.92 Å². The van der Waals surface area contributed by atoms with Gasteiger partial charge in [0.05, 0.1) is 19.0 Å². The minimum Gasteiger partial charge on any atom is -0.477 e. The predicted octanol–water partition coefficient (Wildman–Crippen LogP) is 1.44. The third-order valence-corrected chi connectivity index (χ3v) is 3.50. The summed E-state index contributed by atoms with van der Waals surface area (Å²) in [5.41, 5.74) is 5.78. The molecule has 18 heavy (non-hydrogen) atoms. The summed E-state index contributed by atoms with van der Waals surface area (Å²) >= 11 is 0. The molecule has 0 radical (unpaired) electrons. The first-order valence-electron chi connectivity index (χ1n) is 6.66. The summed E-state index contributed by atoms with van der Waals surface area (Å²) < 4.78 is 5.40. The molecule has 1 aliphatic rings. The largest absolute Gasteiger partial charge is 0.477 e. The summed E-state index contributed by atoms with van der Waals surface area (Å²) in [6, 6.07) is 0.485. The zero-order chi connectivity index (χ0) is 13.0. The second kappa shape index (κ2) is 6.00. The molecule has 2 unspecified atom stereocenters. The van der Waals surface area contributed by atoms with Crippen LogP contribution in [0.2, 0.25) is 0 Å². The molecule has 0 aliphatic carbocycles. The van der Waals surface area contributed by atoms with Gasteiger partial charge in [-0.05, 0) is 39.2 Å². The third kappa shape index (κ3) is 2.90. The van der Waals surface area contributed by atoms with E-state index in [0.29, 0.717) is 24.4 Å². The topological polar surface area (TPSA) is 64.3 Å². The number of aromatic nitrogens is 2. The highest BCUT2D eigenvalue weighted by atomic mass is 16.5. The molecule has 1 saturated heterocycles. The van der Waals surface area contributed by atoms with Crippen molar-refractivity contribution in [2.24, 2.45) is 11.7 Å². The minimum absolute atomic E-state index is 0.485. The summed E-state index contributed by atoms with van der Waals surface area (Å²) in [4.78, 5) is 11.0. The first kappa shape index (κ1) is 13.1. The molecule has 0 aromatic carbocycles. The SMILES string of the molecule is CCOc1cncc(N2CC(CN)CCC2C)n1. The second-order valence-corrected chi connectivity index (χ2v) is 4.83. The zero-order valence-electron chi connectivity index (χ0n) is 11.2. The third-order valence-electron chi connectivity index (χ3n) is 3.50. The number of piperidine rings is 1. The fourth-order valence-corrected chi connectivity index (χ4v) is 2.39. The summed E-state index contributed by atoms with van der Waals surface area (Å²) in [6.07, 6.45) is 5.81. The van der Waals surface area contributed by atoms with E-state index in [1.54, 1.807) is 12.4 Å². The van der Waals surface area contributed by atoms with Crippen molar-refractivity contribution in [2.45, 2.75) is 32.7 Å². The van der Waals surface area contributed by atoms with E-state index >= 15 is 0 Å². The molecule has 0 bridgehead atoms. The lowest BCUT2D eigenvalue weighted by Crippen LogP contribution is -2.44. The Balaban J connectivity index is 2.15. The van der Waals surface area contributed by atoms with Crippen molar-refractivity contribution in [3.8, 4) is 5.88 Å². The van der Waals surface area contributed by atoms with E-state index in [0.717, 1.165) is 25.3 Å². The summed E-state index contributed by atoms with van der Waals surface area (Å²) in [7, 11) is 0. The van der Waals surface area contributed by atoms with Crippen molar-refractivity contribution in [1.82, 2.24) is 9.97 Å². The van der Waals surface area contributed by atoms with Crippen LogP contribution in [-0.2, 0) is 0 Å². The van der Waals surface area contributed by atoms with Gasteiger partial charge in [-0.15, -0.1) is 0 Å². The van der Waals surface area contributed by atoms with Gasteiger partial charge in [-0.25, -0.2) is 0 Å². The van der Waals surface area contributed by atoms with E-state index in [4.69, 9.17) is 10.5 Å². The number of anilines is 1. The predicted molar refractivity (Wildman–Crippen MR) is 71.8 cm³/mol. The van der Waals surface area contributed by atoms with Crippen LogP contribution in [0.4, 0.5) is 5.82 Å². The Bertz CT molecular complexity index is 385. The van der Waals surface area contributed by atoms with Gasteiger partial charge in [0, 0.05) is 12.6 Å². The van der Waals surface area contributed by atoms with E-state index in [2.05, 4.69) is 21.8 Å². The Morgan fingerprint density at radius 1 is 1.44 bits per heavy atom. The highest BCUT2D eigenvalue weighted by Gasteiger charge is 2.25. The van der Waals surface area contributed by atoms with Gasteiger partial charge in [-0.1, -0.05) is 0 Å². The van der Waals surface area contributed by atoms with Crippen LogP contribution in [0.15, 0.2) is 12.4 Å². The van der Waals surface area contributed by atoms with Crippen molar-refractivity contribution >= 4 is 5.82 Å². The Morgan fingerprint density at radius 3 is 3.00 bits per heavy atom. The molecule has 5 heteroatoms. The number of nitrogens with zero attached hydrogens (tertiary/aromatic N) is 3. The lowest BCUT2D eigenvalue weighted by Gasteiger charge is -2.38. The maximum Gasteiger partial charge on any atom is 0.234 e. The van der Waals surface area contributed by atoms with Crippen LogP contribution in [0.5, 0.6) is 5.88 Å². The number of rotatable bonds is 4. The van der Waals surface area contributed by atoms with E-state index in [9.17, 15) is 0 Å². The molecular weight excluding hydrogens is 228 g/mol. The number of nitrogens with two attached hydrogens (primary N) is 1. The normalized spacial score (nSPS) is 24.1. The number of hydrogen-bond donors (Lipinski definition) is 1. The van der Waals surface area contributed by atoms with Gasteiger partial charge in [0.2, 0.25) is 5.88 Å². The van der Waals surface area contributed by atoms with Crippen LogP contribution < -0.4 is 15.4 Å². The maximum atomic E-state index is 5.78. The van der Waals surface area contributed by atoms with Gasteiger partial charge in [-0.3, -0.25) is 4.98 Å². The molecule has 0 saturated carbocycles. The minimum atomic E-state index is 0.485. The fraction of sp³-hybridized carbons (Fsp3) is 0.692. The zero-order valence-corrected chi connectivity index (χ0v) is 11.2. The molecule has 0 spiro atoms. The van der Waals surface area contributed by atoms with Gasteiger partial charge < -0.3 is 15.4 Å². The molecule has 2 rings (SSSR count). The van der Waals surface area contributed by atoms with Crippen molar-refractivity contribution in [3.05, 3.63) is 12.4 Å². The molecule has 2 heterocycles. The monoisotopic (exact) mass is 250 g/mol. The molecule has 1 aliphatic heterocycles. The van der Waals surface area contributed by atoms with Gasteiger partial charge in [0.15, 0.2) is 5.82 Å². The second-order valence-electron chi connectivity index (χ2n) is 4.83. The molecule has 1 fully saturated rings. The number of hydrogen-bond acceptors (Lipinski definition) is 5. The lowest BCUT2D eigenvalue weighted by atomic mass is 9.94. The summed E-state index contributed by atoms with van der Waals surface area (Å²) in [6.45, 7) is 6.48. The standard InChI is InChI=1S/C13H22N4O/c1-3-18-13-8-15-7-12(16-13)17-9-11(6-14)5-4-10(17)2/h7-8,10-11H,3-6,9,14H2,1-2H3. The van der Waals surface area contributed by atoms with Crippen LogP contribution in [-0.4, -0.2) is 35.7 Å². The van der Waals surface area contributed by atoms with Gasteiger partial charge in [0.1, 0.15) is 0 Å². The molecule has 2 atom stereocenters. The molecule has 1 aromatic rings. The first-order valence-corrected chi connectivity index (χ1v) is 6.66. The molecule has 2 N–H and O–H groups in total. The van der Waals surface area contributed by atoms with E-state index in [-0.39, 0.29) is 0 Å². The molecular formula is C13H22N4O.